The molecule has 2 rings (SSSR count). The monoisotopic (exact) mass is 278 g/mol. The Morgan fingerprint density at radius 2 is 1.95 bits per heavy atom. The maximum absolute atomic E-state index is 12.7. The maximum Gasteiger partial charge on any atom is 0.250 e. The molecule has 2 unspecified atom stereocenters. The van der Waals surface area contributed by atoms with Gasteiger partial charge in [0.05, 0.1) is 0 Å². The van der Waals surface area contributed by atoms with Crippen molar-refractivity contribution in [2.24, 2.45) is 0 Å². The number of amides is 2. The van der Waals surface area contributed by atoms with Crippen LogP contribution in [-0.2, 0) is 9.59 Å². The summed E-state index contributed by atoms with van der Waals surface area (Å²) in [7, 11) is 0. The largest absolute Gasteiger partial charge is 0.339 e. The molecule has 1 heterocycles. The number of carbonyl (C=O) groups excluding carboxylic acids is 2. The van der Waals surface area contributed by atoms with E-state index < -0.39 is 18.8 Å². The number of benzene rings is 1. The Balaban J connectivity index is 2.26. The molecule has 1 fully saturated rings. The van der Waals surface area contributed by atoms with Gasteiger partial charge in [-0.3, -0.25) is 9.59 Å². The molecule has 2 atom stereocenters. The summed E-state index contributed by atoms with van der Waals surface area (Å²) >= 11 is 0. The number of piperazine rings is 1. The van der Waals surface area contributed by atoms with E-state index >= 15 is 0 Å². The third kappa shape index (κ3) is 2.81. The van der Waals surface area contributed by atoms with E-state index in [9.17, 15) is 14.0 Å². The molecule has 0 spiro atoms. The van der Waals surface area contributed by atoms with Gasteiger partial charge in [-0.25, -0.2) is 4.39 Å². The minimum Gasteiger partial charge on any atom is -0.339 e. The van der Waals surface area contributed by atoms with E-state index in [1.54, 1.807) is 12.1 Å². The molecule has 4 nitrogen and oxygen atoms in total. The van der Waals surface area contributed by atoms with Crippen LogP contribution < -0.4 is 5.32 Å². The number of alkyl halides is 1. The van der Waals surface area contributed by atoms with Gasteiger partial charge in [-0.15, -0.1) is 0 Å². The van der Waals surface area contributed by atoms with Crippen LogP contribution >= 0.6 is 0 Å². The van der Waals surface area contributed by atoms with E-state index in [1.807, 2.05) is 25.1 Å². The fourth-order valence-corrected chi connectivity index (χ4v) is 2.55. The number of hydrogen-bond donors (Lipinski definition) is 1. The van der Waals surface area contributed by atoms with E-state index in [0.717, 1.165) is 12.0 Å². The highest BCUT2D eigenvalue weighted by atomic mass is 19.1. The summed E-state index contributed by atoms with van der Waals surface area (Å²) in [6.45, 7) is 1.27. The van der Waals surface area contributed by atoms with Gasteiger partial charge in [-0.2, -0.15) is 0 Å². The van der Waals surface area contributed by atoms with Gasteiger partial charge in [0.2, 0.25) is 5.91 Å². The normalized spacial score (nSPS) is 22.8. The van der Waals surface area contributed by atoms with E-state index in [1.165, 1.54) is 4.90 Å². The second-order valence-corrected chi connectivity index (χ2v) is 4.88. The van der Waals surface area contributed by atoms with E-state index in [-0.39, 0.29) is 18.4 Å². The fraction of sp³-hybridized carbons (Fsp3) is 0.467. The molecule has 1 saturated heterocycles. The summed E-state index contributed by atoms with van der Waals surface area (Å²) in [6, 6.07) is 7.79. The van der Waals surface area contributed by atoms with Crippen molar-refractivity contribution < 1.29 is 14.0 Å². The molecule has 0 aromatic heterocycles. The standard InChI is InChI=1S/C15H19FN2O2/c1-2-6-12-14(19)17-13(11-7-4-3-5-8-11)15(20)18(12)10-9-16/h3-5,7-8,12-13H,2,6,9-10H2,1H3,(H,17,19). The van der Waals surface area contributed by atoms with Gasteiger partial charge in [0.15, 0.2) is 0 Å². The lowest BCUT2D eigenvalue weighted by atomic mass is 9.98. The summed E-state index contributed by atoms with van der Waals surface area (Å²) in [4.78, 5) is 26.0. The second kappa shape index (κ2) is 6.50. The van der Waals surface area contributed by atoms with Crippen LogP contribution in [0.25, 0.3) is 0 Å². The molecule has 0 saturated carbocycles. The molecule has 108 valence electrons. The van der Waals surface area contributed by atoms with E-state index in [2.05, 4.69) is 5.32 Å². The Morgan fingerprint density at radius 1 is 1.25 bits per heavy atom. The van der Waals surface area contributed by atoms with Crippen molar-refractivity contribution in [3.05, 3.63) is 35.9 Å². The van der Waals surface area contributed by atoms with Crippen molar-refractivity contribution in [3.8, 4) is 0 Å². The summed E-state index contributed by atoms with van der Waals surface area (Å²) < 4.78 is 12.7. The third-order valence-corrected chi connectivity index (χ3v) is 3.52. The van der Waals surface area contributed by atoms with E-state index in [0.29, 0.717) is 6.42 Å². The van der Waals surface area contributed by atoms with Crippen molar-refractivity contribution >= 4 is 11.8 Å². The summed E-state index contributed by atoms with van der Waals surface area (Å²) in [5.41, 5.74) is 0.727. The highest BCUT2D eigenvalue weighted by Crippen LogP contribution is 2.23. The number of nitrogens with zero attached hydrogens (tertiary/aromatic N) is 1. The molecule has 1 N–H and O–H groups in total. The highest BCUT2D eigenvalue weighted by molar-refractivity contribution is 5.97. The quantitative estimate of drug-likeness (QED) is 0.893. The van der Waals surface area contributed by atoms with Gasteiger partial charge in [0, 0.05) is 6.54 Å². The predicted molar refractivity (Wildman–Crippen MR) is 73.7 cm³/mol. The molecule has 0 radical (unpaired) electrons. The van der Waals surface area contributed by atoms with Crippen LogP contribution in [0, 0.1) is 0 Å². The number of rotatable bonds is 5. The maximum atomic E-state index is 12.7. The Hall–Kier alpha value is -1.91. The summed E-state index contributed by atoms with van der Waals surface area (Å²) in [5.74, 6) is -0.430. The van der Waals surface area contributed by atoms with Crippen molar-refractivity contribution in [2.75, 3.05) is 13.2 Å². The lowest BCUT2D eigenvalue weighted by molar-refractivity contribution is -0.150. The zero-order chi connectivity index (χ0) is 14.5. The van der Waals surface area contributed by atoms with Crippen LogP contribution in [0.4, 0.5) is 4.39 Å². The topological polar surface area (TPSA) is 49.4 Å². The minimum absolute atomic E-state index is 0.0275. The SMILES string of the molecule is CCCC1C(=O)NC(c2ccccc2)C(=O)N1CCF. The second-order valence-electron chi connectivity index (χ2n) is 4.88. The lowest BCUT2D eigenvalue weighted by Gasteiger charge is -2.38. The first-order valence-corrected chi connectivity index (χ1v) is 6.90. The fourth-order valence-electron chi connectivity index (χ4n) is 2.55. The molecule has 5 heteroatoms. The van der Waals surface area contributed by atoms with Crippen molar-refractivity contribution in [2.45, 2.75) is 31.8 Å². The summed E-state index contributed by atoms with van der Waals surface area (Å²) in [6.07, 6.45) is 1.32. The van der Waals surface area contributed by atoms with Crippen molar-refractivity contribution in [1.82, 2.24) is 10.2 Å². The molecule has 2 amide bonds. The highest BCUT2D eigenvalue weighted by Gasteiger charge is 2.40. The zero-order valence-corrected chi connectivity index (χ0v) is 11.5. The first-order chi connectivity index (χ1) is 9.69. The van der Waals surface area contributed by atoms with Gasteiger partial charge in [-0.1, -0.05) is 43.7 Å². The van der Waals surface area contributed by atoms with Gasteiger partial charge in [-0.05, 0) is 12.0 Å². The molecule has 20 heavy (non-hydrogen) atoms. The van der Waals surface area contributed by atoms with Crippen LogP contribution in [0.3, 0.4) is 0 Å². The average molecular weight is 278 g/mol. The Labute approximate surface area is 118 Å². The van der Waals surface area contributed by atoms with Gasteiger partial charge in [0.25, 0.3) is 5.91 Å². The van der Waals surface area contributed by atoms with Crippen molar-refractivity contribution in [1.29, 1.82) is 0 Å². The van der Waals surface area contributed by atoms with E-state index in [4.69, 9.17) is 0 Å². The molecule has 1 aromatic rings. The Morgan fingerprint density at radius 3 is 2.55 bits per heavy atom. The van der Waals surface area contributed by atoms with Crippen LogP contribution in [0.2, 0.25) is 0 Å². The molecule has 0 bridgehead atoms. The lowest BCUT2D eigenvalue weighted by Crippen LogP contribution is -2.60. The molecule has 1 aliphatic heterocycles. The first-order valence-electron chi connectivity index (χ1n) is 6.90. The number of hydrogen-bond acceptors (Lipinski definition) is 2. The molecule has 0 aliphatic carbocycles. The number of halogens is 1. The third-order valence-electron chi connectivity index (χ3n) is 3.52. The average Bonchev–Trinajstić information content (AvgIpc) is 2.47. The van der Waals surface area contributed by atoms with Gasteiger partial charge in [0.1, 0.15) is 18.8 Å². The van der Waals surface area contributed by atoms with Crippen molar-refractivity contribution in [3.63, 3.8) is 0 Å². The van der Waals surface area contributed by atoms with Crippen LogP contribution in [0.1, 0.15) is 31.4 Å². The zero-order valence-electron chi connectivity index (χ0n) is 11.5. The first kappa shape index (κ1) is 14.5. The molecular weight excluding hydrogens is 259 g/mol. The van der Waals surface area contributed by atoms with Gasteiger partial charge < -0.3 is 10.2 Å². The Kier molecular flexibility index (Phi) is 4.71. The molecule has 1 aromatic carbocycles. The molecule has 1 aliphatic rings. The summed E-state index contributed by atoms with van der Waals surface area (Å²) in [5, 5.41) is 2.75. The molecular formula is C15H19FN2O2. The Bertz CT molecular complexity index is 478. The number of carbonyl (C=O) groups is 2. The van der Waals surface area contributed by atoms with Crippen LogP contribution in [0.5, 0.6) is 0 Å². The van der Waals surface area contributed by atoms with Crippen LogP contribution in [-0.4, -0.2) is 36.0 Å². The smallest absolute Gasteiger partial charge is 0.250 e. The predicted octanol–water partition coefficient (Wildman–Crippen LogP) is 1.82. The van der Waals surface area contributed by atoms with Gasteiger partial charge >= 0.3 is 0 Å². The number of nitrogens with one attached hydrogen (secondary N) is 1. The van der Waals surface area contributed by atoms with Crippen LogP contribution in [0.15, 0.2) is 30.3 Å². The minimum atomic E-state index is -0.705.